The lowest BCUT2D eigenvalue weighted by molar-refractivity contribution is -0.141. The number of hydrogen-bond acceptors (Lipinski definition) is 6. The first-order chi connectivity index (χ1) is 32.0. The zero-order valence-electron chi connectivity index (χ0n) is 37.0. The Kier molecular flexibility index (Phi) is 20.0. The van der Waals surface area contributed by atoms with Gasteiger partial charge in [-0.25, -0.2) is 0 Å². The fourth-order valence-electron chi connectivity index (χ4n) is 6.40. The van der Waals surface area contributed by atoms with Gasteiger partial charge in [0.25, 0.3) is 0 Å². The van der Waals surface area contributed by atoms with E-state index in [4.69, 9.17) is 26.2 Å². The molecule has 348 valence electrons. The summed E-state index contributed by atoms with van der Waals surface area (Å²) in [5, 5.41) is 9.17. The summed E-state index contributed by atoms with van der Waals surface area (Å²) in [5.41, 5.74) is 5.42. The Morgan fingerprint density at radius 1 is 0.567 bits per heavy atom. The molecule has 0 fully saturated rings. The molecule has 6 aromatic rings. The third kappa shape index (κ3) is 17.0. The Morgan fingerprint density at radius 2 is 0.970 bits per heavy atom. The first-order valence-corrected chi connectivity index (χ1v) is 21.1. The van der Waals surface area contributed by atoms with Crippen molar-refractivity contribution in [2.45, 2.75) is 63.4 Å². The van der Waals surface area contributed by atoms with E-state index in [1.807, 2.05) is 72.8 Å². The molecule has 0 saturated carbocycles. The maximum Gasteiger partial charge on any atom is 0.416 e. The van der Waals surface area contributed by atoms with Crippen molar-refractivity contribution in [3.05, 3.63) is 179 Å². The van der Waals surface area contributed by atoms with Gasteiger partial charge in [-0.3, -0.25) is 9.59 Å². The van der Waals surface area contributed by atoms with Crippen molar-refractivity contribution >= 4 is 23.5 Å². The maximum atomic E-state index is 12.8. The van der Waals surface area contributed by atoms with E-state index < -0.39 is 23.5 Å². The number of carbonyl (C=O) groups is 2. The lowest BCUT2D eigenvalue weighted by Crippen LogP contribution is -2.07. The molecule has 13 heteroatoms. The van der Waals surface area contributed by atoms with Gasteiger partial charge in [-0.15, -0.1) is 23.4 Å². The average Bonchev–Trinajstić information content (AvgIpc) is 3.33. The van der Waals surface area contributed by atoms with E-state index >= 15 is 0 Å². The van der Waals surface area contributed by atoms with Crippen molar-refractivity contribution in [2.75, 3.05) is 14.2 Å². The van der Waals surface area contributed by atoms with E-state index in [2.05, 4.69) is 28.4 Å². The molecule has 6 aromatic carbocycles. The molecule has 0 amide bonds. The minimum absolute atomic E-state index is 0.175. The Labute approximate surface area is 391 Å². The van der Waals surface area contributed by atoms with Crippen LogP contribution in [-0.2, 0) is 43.9 Å². The van der Waals surface area contributed by atoms with Crippen LogP contribution in [0.4, 0.5) is 26.3 Å². The molecule has 6 rings (SSSR count). The summed E-state index contributed by atoms with van der Waals surface area (Å²) < 4.78 is 90.8. The number of aromatic hydroxyl groups is 1. The maximum absolute atomic E-state index is 12.8. The van der Waals surface area contributed by atoms with E-state index in [-0.39, 0.29) is 42.4 Å². The van der Waals surface area contributed by atoms with Gasteiger partial charge < -0.3 is 19.3 Å². The van der Waals surface area contributed by atoms with Crippen LogP contribution in [0.25, 0.3) is 22.3 Å². The van der Waals surface area contributed by atoms with E-state index in [1.165, 1.54) is 38.5 Å². The molecule has 0 aromatic heterocycles. The number of phenols is 1. The second-order valence-corrected chi connectivity index (χ2v) is 14.9. The smallest absolute Gasteiger partial charge is 0.416 e. The van der Waals surface area contributed by atoms with Crippen LogP contribution >= 0.6 is 11.6 Å². The molecule has 0 aliphatic rings. The number of esters is 2. The lowest BCUT2D eigenvalue weighted by atomic mass is 9.96. The summed E-state index contributed by atoms with van der Waals surface area (Å²) >= 11 is 5.72. The number of halogens is 7. The Hall–Kier alpha value is -7.15. The monoisotopic (exact) mass is 940 g/mol. The van der Waals surface area contributed by atoms with Gasteiger partial charge in [0.15, 0.2) is 0 Å². The van der Waals surface area contributed by atoms with Crippen LogP contribution in [0.1, 0.15) is 71.9 Å². The lowest BCUT2D eigenvalue weighted by Gasteiger charge is -2.12. The van der Waals surface area contributed by atoms with Crippen LogP contribution in [0.2, 0.25) is 0 Å². The molecule has 0 aliphatic carbocycles. The number of methoxy groups -OCH3 is 2. The second kappa shape index (κ2) is 25.5. The third-order valence-corrected chi connectivity index (χ3v) is 10.2. The summed E-state index contributed by atoms with van der Waals surface area (Å²) in [5.74, 6) is 11.8. The highest BCUT2D eigenvalue weighted by Crippen LogP contribution is 2.33. The fraction of sp³-hybridized carbons (Fsp3) is 0.222. The summed E-state index contributed by atoms with van der Waals surface area (Å²) in [4.78, 5) is 22.8. The highest BCUT2D eigenvalue weighted by Gasteiger charge is 2.31. The number of phenolic OH excluding ortho intramolecular Hbond substituents is 1. The second-order valence-electron chi connectivity index (χ2n) is 14.6. The predicted molar refractivity (Wildman–Crippen MR) is 248 cm³/mol. The van der Waals surface area contributed by atoms with Crippen LogP contribution in [-0.4, -0.2) is 31.3 Å². The van der Waals surface area contributed by atoms with Gasteiger partial charge >= 0.3 is 24.3 Å². The normalized spacial score (nSPS) is 11.6. The predicted octanol–water partition coefficient (Wildman–Crippen LogP) is 13.8. The highest BCUT2D eigenvalue weighted by molar-refractivity contribution is 6.17. The van der Waals surface area contributed by atoms with Crippen molar-refractivity contribution in [3.8, 4) is 57.4 Å². The third-order valence-electron chi connectivity index (χ3n) is 9.92. The molecule has 0 heterocycles. The largest absolute Gasteiger partial charge is 0.508 e. The molecular formula is C54H47ClF6O6. The number of benzene rings is 6. The van der Waals surface area contributed by atoms with Crippen LogP contribution in [0.3, 0.4) is 0 Å². The van der Waals surface area contributed by atoms with Crippen molar-refractivity contribution in [1.29, 1.82) is 0 Å². The van der Waals surface area contributed by atoms with Gasteiger partial charge in [0.2, 0.25) is 0 Å². The summed E-state index contributed by atoms with van der Waals surface area (Å²) in [6.07, 6.45) is -8.25. The standard InChI is InChI=1S/C27H23F3O3.C14H10ClF3.C13H14O3/c1-3-5-22(17-26(31)32-2)21-10-14-25(15-11-21)33-18-19-6-4-7-23(16-19)20-8-12-24(13-9-20)27(28,29)30;15-9-10-2-1-3-12(8-10)11-4-6-13(7-5-11)14(16,17)18;1-3-4-11(9-13(15)16-2)10-5-7-12(14)8-6-10/h4,6-16,22H,17-18H2,1-2H3;1-8H,9H2;5-8,11,14H,9H2,1-2H3/t22-;;11-/m0.0/s1. The topological polar surface area (TPSA) is 82.1 Å². The first kappa shape index (κ1) is 52.5. The Morgan fingerprint density at radius 3 is 1.36 bits per heavy atom. The molecule has 0 aliphatic heterocycles. The molecule has 1 N–H and O–H groups in total. The average molecular weight is 941 g/mol. The summed E-state index contributed by atoms with van der Waals surface area (Å²) in [6.45, 7) is 3.75. The highest BCUT2D eigenvalue weighted by atomic mass is 35.5. The number of rotatable bonds is 12. The van der Waals surface area contributed by atoms with E-state index in [0.717, 1.165) is 63.2 Å². The zero-order valence-corrected chi connectivity index (χ0v) is 37.7. The van der Waals surface area contributed by atoms with Crippen molar-refractivity contribution in [1.82, 2.24) is 0 Å². The Balaban J connectivity index is 0.000000242. The Bertz CT molecular complexity index is 2640. The van der Waals surface area contributed by atoms with Crippen molar-refractivity contribution < 1.29 is 55.2 Å². The van der Waals surface area contributed by atoms with Crippen molar-refractivity contribution in [2.24, 2.45) is 0 Å². The van der Waals surface area contributed by atoms with E-state index in [0.29, 0.717) is 23.8 Å². The van der Waals surface area contributed by atoms with Crippen LogP contribution in [0.15, 0.2) is 146 Å². The molecule has 0 bridgehead atoms. The quantitative estimate of drug-likeness (QED) is 0.0570. The number of hydrogen-bond donors (Lipinski definition) is 1. The minimum Gasteiger partial charge on any atom is -0.508 e. The van der Waals surface area contributed by atoms with Gasteiger partial charge in [0.1, 0.15) is 18.1 Å². The van der Waals surface area contributed by atoms with Crippen LogP contribution in [0, 0.1) is 23.7 Å². The van der Waals surface area contributed by atoms with Gasteiger partial charge in [-0.1, -0.05) is 96.8 Å². The number of ether oxygens (including phenoxy) is 3. The minimum atomic E-state index is -4.35. The van der Waals surface area contributed by atoms with Gasteiger partial charge in [0.05, 0.1) is 50.0 Å². The molecule has 6 nitrogen and oxygen atoms in total. The van der Waals surface area contributed by atoms with Gasteiger partial charge in [-0.2, -0.15) is 26.3 Å². The van der Waals surface area contributed by atoms with Gasteiger partial charge in [-0.05, 0) is 119 Å². The number of alkyl halides is 7. The van der Waals surface area contributed by atoms with Crippen molar-refractivity contribution in [3.63, 3.8) is 0 Å². The van der Waals surface area contributed by atoms with Crippen LogP contribution in [0.5, 0.6) is 11.5 Å². The van der Waals surface area contributed by atoms with E-state index in [1.54, 1.807) is 38.1 Å². The molecular weight excluding hydrogens is 894 g/mol. The number of carbonyl (C=O) groups excluding carboxylic acids is 2. The molecule has 67 heavy (non-hydrogen) atoms. The molecule has 0 spiro atoms. The molecule has 0 saturated heterocycles. The van der Waals surface area contributed by atoms with E-state index in [9.17, 15) is 35.9 Å². The molecule has 2 atom stereocenters. The zero-order chi connectivity index (χ0) is 49.0. The summed E-state index contributed by atoms with van der Waals surface area (Å²) in [6, 6.07) is 39.1. The fourth-order valence-corrected chi connectivity index (χ4v) is 6.57. The summed E-state index contributed by atoms with van der Waals surface area (Å²) in [7, 11) is 2.71. The van der Waals surface area contributed by atoms with Gasteiger partial charge in [0, 0.05) is 5.88 Å². The first-order valence-electron chi connectivity index (χ1n) is 20.6. The van der Waals surface area contributed by atoms with Crippen LogP contribution < -0.4 is 4.74 Å². The SMILES string of the molecule is CC#C[C@@H](CC(=O)OC)c1ccc(O)cc1.CC#C[C@@H](CC(=O)OC)c1ccc(OCc2cccc(-c3ccc(C(F)(F)F)cc3)c2)cc1.FC(F)(F)c1ccc(-c2cccc(CCl)c2)cc1. The molecule has 0 unspecified atom stereocenters. The molecule has 0 radical (unpaired) electrons.